The third-order valence-corrected chi connectivity index (χ3v) is 5.61. The first kappa shape index (κ1) is 17.5. The summed E-state index contributed by atoms with van der Waals surface area (Å²) < 4.78 is 25.7. The van der Waals surface area contributed by atoms with Crippen LogP contribution < -0.4 is 0 Å². The molecule has 2 aromatic rings. The Morgan fingerprint density at radius 3 is 2.75 bits per heavy atom. The van der Waals surface area contributed by atoms with E-state index in [1.54, 1.807) is 31.0 Å². The van der Waals surface area contributed by atoms with Crippen LogP contribution in [0.4, 0.5) is 4.39 Å². The maximum Gasteiger partial charge on any atom is 0.124 e. The van der Waals surface area contributed by atoms with Crippen LogP contribution in [0.15, 0.2) is 53.4 Å². The van der Waals surface area contributed by atoms with Crippen LogP contribution in [0.3, 0.4) is 0 Å². The lowest BCUT2D eigenvalue weighted by atomic mass is 9.83. The van der Waals surface area contributed by atoms with Crippen LogP contribution in [0.1, 0.15) is 30.9 Å². The summed E-state index contributed by atoms with van der Waals surface area (Å²) in [4.78, 5) is 0.935. The number of thioether (sulfide) groups is 1. The van der Waals surface area contributed by atoms with Crippen molar-refractivity contribution in [1.29, 1.82) is 0 Å². The fourth-order valence-corrected chi connectivity index (χ4v) is 4.20. The Hall–Kier alpha value is -1.36. The van der Waals surface area contributed by atoms with Crippen LogP contribution in [0.25, 0.3) is 0 Å². The average molecular weight is 346 g/mol. The molecule has 4 heteroatoms. The third kappa shape index (κ3) is 4.00. The molecule has 0 spiro atoms. The smallest absolute Gasteiger partial charge is 0.124 e. The van der Waals surface area contributed by atoms with E-state index in [-0.39, 0.29) is 11.9 Å². The maximum absolute atomic E-state index is 14.2. The number of hydrogen-bond acceptors (Lipinski definition) is 3. The van der Waals surface area contributed by atoms with Crippen molar-refractivity contribution in [3.8, 4) is 0 Å². The van der Waals surface area contributed by atoms with Crippen LogP contribution in [-0.4, -0.2) is 19.8 Å². The van der Waals surface area contributed by atoms with E-state index < -0.39 is 5.60 Å². The summed E-state index contributed by atoms with van der Waals surface area (Å²) in [7, 11) is 1.71. The van der Waals surface area contributed by atoms with E-state index in [1.807, 2.05) is 25.1 Å². The summed E-state index contributed by atoms with van der Waals surface area (Å²) in [5.41, 5.74) is 1.69. The number of methoxy groups -OCH3 is 1. The Morgan fingerprint density at radius 1 is 1.25 bits per heavy atom. The van der Waals surface area contributed by atoms with Crippen molar-refractivity contribution in [3.63, 3.8) is 0 Å². The van der Waals surface area contributed by atoms with Crippen molar-refractivity contribution in [2.75, 3.05) is 13.7 Å². The van der Waals surface area contributed by atoms with E-state index in [2.05, 4.69) is 18.2 Å². The van der Waals surface area contributed by atoms with E-state index in [0.29, 0.717) is 6.61 Å². The van der Waals surface area contributed by atoms with Gasteiger partial charge in [-0.05, 0) is 36.2 Å². The molecule has 1 saturated heterocycles. The Kier molecular flexibility index (Phi) is 5.59. The fourth-order valence-electron chi connectivity index (χ4n) is 3.27. The van der Waals surface area contributed by atoms with Crippen LogP contribution in [-0.2, 0) is 20.8 Å². The molecule has 0 aliphatic carbocycles. The van der Waals surface area contributed by atoms with Gasteiger partial charge in [0.1, 0.15) is 5.82 Å². The van der Waals surface area contributed by atoms with Crippen LogP contribution in [0, 0.1) is 5.82 Å². The highest BCUT2D eigenvalue weighted by Crippen LogP contribution is 2.39. The number of rotatable bonds is 5. The number of hydrogen-bond donors (Lipinski definition) is 0. The molecule has 2 nitrogen and oxygen atoms in total. The lowest BCUT2D eigenvalue weighted by molar-refractivity contribution is -0.122. The first-order chi connectivity index (χ1) is 11.6. The minimum Gasteiger partial charge on any atom is -0.378 e. The summed E-state index contributed by atoms with van der Waals surface area (Å²) in [5, 5.41) is 0. The Bertz CT molecular complexity index is 677. The van der Waals surface area contributed by atoms with E-state index in [0.717, 1.165) is 29.1 Å². The number of ether oxygens (including phenoxy) is 2. The van der Waals surface area contributed by atoms with Crippen molar-refractivity contribution < 1.29 is 13.9 Å². The lowest BCUT2D eigenvalue weighted by Crippen LogP contribution is -2.39. The molecule has 0 bridgehead atoms. The van der Waals surface area contributed by atoms with Gasteiger partial charge in [0.15, 0.2) is 0 Å². The van der Waals surface area contributed by atoms with Gasteiger partial charge < -0.3 is 9.47 Å². The normalized spacial score (nSPS) is 24.0. The molecule has 128 valence electrons. The van der Waals surface area contributed by atoms with Crippen molar-refractivity contribution in [1.82, 2.24) is 0 Å². The largest absolute Gasteiger partial charge is 0.378 e. The van der Waals surface area contributed by atoms with Gasteiger partial charge in [-0.3, -0.25) is 0 Å². The third-order valence-electron chi connectivity index (χ3n) is 4.56. The molecule has 1 aliphatic heterocycles. The zero-order chi connectivity index (χ0) is 17.0. The van der Waals surface area contributed by atoms with E-state index in [4.69, 9.17) is 9.47 Å². The predicted molar refractivity (Wildman–Crippen MR) is 95.7 cm³/mol. The summed E-state index contributed by atoms with van der Waals surface area (Å²) in [6.07, 6.45) is 1.61. The maximum atomic E-state index is 14.2. The van der Waals surface area contributed by atoms with Gasteiger partial charge in [-0.2, -0.15) is 0 Å². The van der Waals surface area contributed by atoms with Crippen molar-refractivity contribution in [2.45, 2.75) is 42.1 Å². The Morgan fingerprint density at radius 2 is 2.04 bits per heavy atom. The average Bonchev–Trinajstić information content (AvgIpc) is 2.60. The zero-order valence-corrected chi connectivity index (χ0v) is 14.9. The van der Waals surface area contributed by atoms with E-state index in [9.17, 15) is 4.39 Å². The molecule has 1 heterocycles. The molecule has 2 unspecified atom stereocenters. The van der Waals surface area contributed by atoms with Gasteiger partial charge in [0, 0.05) is 30.6 Å². The van der Waals surface area contributed by atoms with Gasteiger partial charge in [0.25, 0.3) is 0 Å². The predicted octanol–water partition coefficient (Wildman–Crippen LogP) is 5.16. The minimum absolute atomic E-state index is 0.113. The second-order valence-electron chi connectivity index (χ2n) is 6.28. The van der Waals surface area contributed by atoms with Crippen LogP contribution in [0.2, 0.25) is 0 Å². The van der Waals surface area contributed by atoms with Crippen molar-refractivity contribution >= 4 is 11.8 Å². The van der Waals surface area contributed by atoms with Gasteiger partial charge in [-0.1, -0.05) is 30.3 Å². The molecule has 1 fully saturated rings. The number of benzene rings is 2. The monoisotopic (exact) mass is 346 g/mol. The first-order valence-corrected chi connectivity index (χ1v) is 9.24. The summed E-state index contributed by atoms with van der Waals surface area (Å²) >= 11 is 1.65. The standard InChI is InChI=1S/C20H23FO2S/c1-15-13-20(22-2,8-9-23-15)17-10-18(21)12-19(11-17)24-14-16-6-4-3-5-7-16/h3-7,10-12,15H,8-9,13-14H2,1-2H3. The number of halogens is 1. The van der Waals surface area contributed by atoms with Gasteiger partial charge in [-0.25, -0.2) is 4.39 Å². The lowest BCUT2D eigenvalue weighted by Gasteiger charge is -2.39. The second kappa shape index (κ2) is 7.68. The van der Waals surface area contributed by atoms with Crippen LogP contribution in [0.5, 0.6) is 0 Å². The molecule has 0 radical (unpaired) electrons. The van der Waals surface area contributed by atoms with Crippen molar-refractivity contribution in [3.05, 3.63) is 65.5 Å². The first-order valence-electron chi connectivity index (χ1n) is 8.26. The molecule has 0 aromatic heterocycles. The minimum atomic E-state index is -0.457. The summed E-state index contributed by atoms with van der Waals surface area (Å²) in [5.74, 6) is 0.613. The summed E-state index contributed by atoms with van der Waals surface area (Å²) in [6.45, 7) is 2.68. The SMILES string of the molecule is COC1(c2cc(F)cc(SCc3ccccc3)c2)CCOC(C)C1. The molecule has 2 aromatic carbocycles. The summed E-state index contributed by atoms with van der Waals surface area (Å²) in [6, 6.07) is 15.5. The Labute approximate surface area is 147 Å². The second-order valence-corrected chi connectivity index (χ2v) is 7.33. The molecular weight excluding hydrogens is 323 g/mol. The zero-order valence-electron chi connectivity index (χ0n) is 14.1. The Balaban J connectivity index is 1.82. The molecule has 0 N–H and O–H groups in total. The van der Waals surface area contributed by atoms with E-state index >= 15 is 0 Å². The highest BCUT2D eigenvalue weighted by Gasteiger charge is 2.37. The molecule has 2 atom stereocenters. The molecule has 1 aliphatic rings. The van der Waals surface area contributed by atoms with Crippen molar-refractivity contribution in [2.24, 2.45) is 0 Å². The highest BCUT2D eigenvalue weighted by molar-refractivity contribution is 7.98. The van der Waals surface area contributed by atoms with Gasteiger partial charge in [-0.15, -0.1) is 11.8 Å². The molecule has 0 amide bonds. The molecule has 24 heavy (non-hydrogen) atoms. The van der Waals surface area contributed by atoms with Gasteiger partial charge >= 0.3 is 0 Å². The highest BCUT2D eigenvalue weighted by atomic mass is 32.2. The fraction of sp³-hybridized carbons (Fsp3) is 0.400. The van der Waals surface area contributed by atoms with E-state index in [1.165, 1.54) is 5.56 Å². The topological polar surface area (TPSA) is 18.5 Å². The molecular formula is C20H23FO2S. The quantitative estimate of drug-likeness (QED) is 0.697. The molecule has 3 rings (SSSR count). The van der Waals surface area contributed by atoms with Crippen LogP contribution >= 0.6 is 11.8 Å². The van der Waals surface area contributed by atoms with Gasteiger partial charge in [0.2, 0.25) is 0 Å². The van der Waals surface area contributed by atoms with Gasteiger partial charge in [0.05, 0.1) is 18.3 Å². The molecule has 0 saturated carbocycles.